The topological polar surface area (TPSA) is 94.6 Å². The number of carbonyl (C=O) groups is 1. The summed E-state index contributed by atoms with van der Waals surface area (Å²) in [5.41, 5.74) is 0.957. The van der Waals surface area contributed by atoms with Crippen molar-refractivity contribution in [1.29, 1.82) is 0 Å². The molecule has 2 heterocycles. The van der Waals surface area contributed by atoms with E-state index in [-0.39, 0.29) is 17.7 Å². The molecule has 0 radical (unpaired) electrons. The summed E-state index contributed by atoms with van der Waals surface area (Å²) in [7, 11) is 3.17. The van der Waals surface area contributed by atoms with Crippen LogP contribution < -0.4 is 20.1 Å². The van der Waals surface area contributed by atoms with Gasteiger partial charge in [0.2, 0.25) is 0 Å². The van der Waals surface area contributed by atoms with Crippen LogP contribution in [0.3, 0.4) is 0 Å². The molecule has 3 rings (SSSR count). The highest BCUT2D eigenvalue weighted by Gasteiger charge is 2.17. The van der Waals surface area contributed by atoms with Crippen molar-refractivity contribution in [1.82, 2.24) is 15.3 Å². The molecule has 26 heavy (non-hydrogen) atoms. The van der Waals surface area contributed by atoms with Crippen molar-refractivity contribution in [2.24, 2.45) is 0 Å². The molecule has 1 aliphatic heterocycles. The molecule has 2 aromatic rings. The van der Waals surface area contributed by atoms with E-state index in [9.17, 15) is 4.79 Å². The number of nitrogens with one attached hydrogen (secondary N) is 2. The van der Waals surface area contributed by atoms with Crippen molar-refractivity contribution in [2.45, 2.75) is 18.9 Å². The molecule has 1 amide bonds. The van der Waals surface area contributed by atoms with Crippen molar-refractivity contribution < 1.29 is 19.0 Å². The van der Waals surface area contributed by atoms with Crippen LogP contribution in [-0.4, -0.2) is 49.4 Å². The van der Waals surface area contributed by atoms with E-state index in [4.69, 9.17) is 14.2 Å². The maximum Gasteiger partial charge on any atom is 0.270 e. The Hall–Kier alpha value is -2.87. The summed E-state index contributed by atoms with van der Waals surface area (Å²) in [4.78, 5) is 20.5. The van der Waals surface area contributed by atoms with Crippen molar-refractivity contribution in [3.8, 4) is 11.5 Å². The number of hydrogen-bond acceptors (Lipinski definition) is 7. The van der Waals surface area contributed by atoms with Crippen molar-refractivity contribution >= 4 is 17.4 Å². The first kappa shape index (κ1) is 17.9. The van der Waals surface area contributed by atoms with Crippen LogP contribution >= 0.6 is 0 Å². The van der Waals surface area contributed by atoms with E-state index in [1.165, 1.54) is 6.33 Å². The highest BCUT2D eigenvalue weighted by atomic mass is 16.5. The van der Waals surface area contributed by atoms with Gasteiger partial charge < -0.3 is 24.8 Å². The van der Waals surface area contributed by atoms with Crippen molar-refractivity contribution in [3.05, 3.63) is 36.3 Å². The molecule has 1 atom stereocenters. The predicted molar refractivity (Wildman–Crippen MR) is 96.2 cm³/mol. The lowest BCUT2D eigenvalue weighted by atomic mass is 10.2. The third-order valence-corrected chi connectivity index (χ3v) is 4.08. The van der Waals surface area contributed by atoms with Gasteiger partial charge in [0.25, 0.3) is 5.91 Å². The maximum atomic E-state index is 12.3. The van der Waals surface area contributed by atoms with Gasteiger partial charge in [0.05, 0.1) is 26.0 Å². The Morgan fingerprint density at radius 2 is 2.15 bits per heavy atom. The Bertz CT molecular complexity index is 763. The molecule has 0 saturated carbocycles. The molecular weight excluding hydrogens is 336 g/mol. The van der Waals surface area contributed by atoms with Gasteiger partial charge in [-0.3, -0.25) is 4.79 Å². The number of benzene rings is 1. The van der Waals surface area contributed by atoms with Crippen LogP contribution in [0.4, 0.5) is 11.5 Å². The third kappa shape index (κ3) is 4.40. The van der Waals surface area contributed by atoms with E-state index in [0.29, 0.717) is 29.5 Å². The Morgan fingerprint density at radius 1 is 1.27 bits per heavy atom. The van der Waals surface area contributed by atoms with Gasteiger partial charge in [-0.05, 0) is 25.0 Å². The molecule has 1 aromatic heterocycles. The molecule has 1 unspecified atom stereocenters. The van der Waals surface area contributed by atoms with E-state index < -0.39 is 0 Å². The van der Waals surface area contributed by atoms with E-state index in [2.05, 4.69) is 20.6 Å². The van der Waals surface area contributed by atoms with Gasteiger partial charge in [-0.15, -0.1) is 0 Å². The zero-order chi connectivity index (χ0) is 18.4. The van der Waals surface area contributed by atoms with E-state index in [1.54, 1.807) is 38.5 Å². The van der Waals surface area contributed by atoms with E-state index in [0.717, 1.165) is 19.4 Å². The minimum Gasteiger partial charge on any atom is -0.497 e. The van der Waals surface area contributed by atoms with E-state index in [1.807, 2.05) is 0 Å². The maximum absolute atomic E-state index is 12.3. The normalized spacial score (nSPS) is 16.2. The van der Waals surface area contributed by atoms with Crippen LogP contribution in [0, 0.1) is 0 Å². The lowest BCUT2D eigenvalue weighted by Gasteiger charge is -2.13. The van der Waals surface area contributed by atoms with Crippen LogP contribution in [0.1, 0.15) is 23.3 Å². The number of hydrogen-bond donors (Lipinski definition) is 2. The molecule has 1 aromatic carbocycles. The number of aromatic nitrogens is 2. The quantitative estimate of drug-likeness (QED) is 0.783. The molecule has 8 nitrogen and oxygen atoms in total. The monoisotopic (exact) mass is 358 g/mol. The molecule has 1 fully saturated rings. The van der Waals surface area contributed by atoms with E-state index >= 15 is 0 Å². The molecule has 0 spiro atoms. The zero-order valence-electron chi connectivity index (χ0n) is 14.8. The number of rotatable bonds is 7. The van der Waals surface area contributed by atoms with Gasteiger partial charge in [0.1, 0.15) is 29.3 Å². The zero-order valence-corrected chi connectivity index (χ0v) is 14.8. The predicted octanol–water partition coefficient (Wildman–Crippen LogP) is 2.15. The lowest BCUT2D eigenvalue weighted by molar-refractivity contribution is 0.0853. The standard InChI is InChI=1S/C18H22N4O4/c1-24-12-5-6-16(25-2)14(8-12)22-17-9-15(20-11-21-17)18(23)19-10-13-4-3-7-26-13/h5-6,8-9,11,13H,3-4,7,10H2,1-2H3,(H,19,23)(H,20,21,22). The van der Waals surface area contributed by atoms with Gasteiger partial charge in [-0.2, -0.15) is 0 Å². The molecule has 1 aliphatic rings. The summed E-state index contributed by atoms with van der Waals surface area (Å²) >= 11 is 0. The fourth-order valence-corrected chi connectivity index (χ4v) is 2.70. The molecule has 8 heteroatoms. The van der Waals surface area contributed by atoms with Crippen LogP contribution in [-0.2, 0) is 4.74 Å². The van der Waals surface area contributed by atoms with Gasteiger partial charge in [-0.1, -0.05) is 0 Å². The van der Waals surface area contributed by atoms with Crippen molar-refractivity contribution in [3.63, 3.8) is 0 Å². The molecule has 0 bridgehead atoms. The highest BCUT2D eigenvalue weighted by Crippen LogP contribution is 2.30. The van der Waals surface area contributed by atoms with Gasteiger partial charge in [-0.25, -0.2) is 9.97 Å². The number of amides is 1. The van der Waals surface area contributed by atoms with Crippen LogP contribution in [0.2, 0.25) is 0 Å². The molecular formula is C18H22N4O4. The first-order valence-corrected chi connectivity index (χ1v) is 8.40. The van der Waals surface area contributed by atoms with Gasteiger partial charge in [0, 0.05) is 25.3 Å². The average Bonchev–Trinajstić information content (AvgIpc) is 3.20. The minimum atomic E-state index is -0.261. The summed E-state index contributed by atoms with van der Waals surface area (Å²) in [5, 5.41) is 5.98. The lowest BCUT2D eigenvalue weighted by Crippen LogP contribution is -2.32. The second-order valence-electron chi connectivity index (χ2n) is 5.82. The van der Waals surface area contributed by atoms with Crippen LogP contribution in [0.5, 0.6) is 11.5 Å². The number of nitrogens with zero attached hydrogens (tertiary/aromatic N) is 2. The first-order chi connectivity index (χ1) is 12.7. The number of anilines is 2. The minimum absolute atomic E-state index is 0.0828. The molecule has 1 saturated heterocycles. The largest absolute Gasteiger partial charge is 0.497 e. The second-order valence-corrected chi connectivity index (χ2v) is 5.82. The number of methoxy groups -OCH3 is 2. The summed E-state index contributed by atoms with van der Waals surface area (Å²) in [6.07, 6.45) is 3.42. The summed E-state index contributed by atoms with van der Waals surface area (Å²) in [6, 6.07) is 6.97. The van der Waals surface area contributed by atoms with Crippen LogP contribution in [0.15, 0.2) is 30.6 Å². The second kappa shape index (κ2) is 8.48. The Labute approximate surface area is 151 Å². The highest BCUT2D eigenvalue weighted by molar-refractivity contribution is 5.93. The van der Waals surface area contributed by atoms with Crippen LogP contribution in [0.25, 0.3) is 0 Å². The number of ether oxygens (including phenoxy) is 3. The smallest absolute Gasteiger partial charge is 0.270 e. The molecule has 0 aliphatic carbocycles. The third-order valence-electron chi connectivity index (χ3n) is 4.08. The Kier molecular flexibility index (Phi) is 5.85. The molecule has 138 valence electrons. The van der Waals surface area contributed by atoms with Gasteiger partial charge in [0.15, 0.2) is 0 Å². The Morgan fingerprint density at radius 3 is 2.88 bits per heavy atom. The fraction of sp³-hybridized carbons (Fsp3) is 0.389. The average molecular weight is 358 g/mol. The van der Waals surface area contributed by atoms with Gasteiger partial charge >= 0.3 is 0 Å². The fourth-order valence-electron chi connectivity index (χ4n) is 2.70. The summed E-state index contributed by atoms with van der Waals surface area (Å²) in [5.74, 6) is 1.53. The summed E-state index contributed by atoms with van der Waals surface area (Å²) < 4.78 is 16.1. The Balaban J connectivity index is 1.69. The first-order valence-electron chi connectivity index (χ1n) is 8.40. The van der Waals surface area contributed by atoms with Crippen molar-refractivity contribution in [2.75, 3.05) is 32.7 Å². The SMILES string of the molecule is COc1ccc(OC)c(Nc2cc(C(=O)NCC3CCCO3)ncn2)c1. The summed E-state index contributed by atoms with van der Waals surface area (Å²) in [6.45, 7) is 1.24. The number of carbonyl (C=O) groups excluding carboxylic acids is 1. The molecule has 2 N–H and O–H groups in total.